The van der Waals surface area contributed by atoms with Crippen LogP contribution in [0.15, 0.2) is 71.6 Å². The monoisotopic (exact) mass is 496 g/mol. The number of sulfonamides is 1. The predicted octanol–water partition coefficient (Wildman–Crippen LogP) is 3.78. The van der Waals surface area contributed by atoms with Gasteiger partial charge in [0.05, 0.1) is 35.9 Å². The fourth-order valence-corrected chi connectivity index (χ4v) is 4.24. The van der Waals surface area contributed by atoms with Gasteiger partial charge < -0.3 is 18.9 Å². The molecule has 0 radical (unpaired) electrons. The molecule has 0 saturated heterocycles. The zero-order chi connectivity index (χ0) is 25.4. The van der Waals surface area contributed by atoms with Crippen molar-refractivity contribution in [2.24, 2.45) is 0 Å². The Morgan fingerprint density at radius 3 is 2.17 bits per heavy atom. The van der Waals surface area contributed by atoms with Crippen LogP contribution in [0.3, 0.4) is 0 Å². The van der Waals surface area contributed by atoms with E-state index in [-0.39, 0.29) is 23.0 Å². The van der Waals surface area contributed by atoms with E-state index in [1.54, 1.807) is 36.4 Å². The molecule has 0 aromatic heterocycles. The first kappa shape index (κ1) is 25.4. The number of carbonyl (C=O) groups is 1. The average molecular weight is 497 g/mol. The minimum atomic E-state index is -3.78. The van der Waals surface area contributed by atoms with Gasteiger partial charge in [-0.3, -0.25) is 4.31 Å². The summed E-state index contributed by atoms with van der Waals surface area (Å²) < 4.78 is 48.2. The Balaban J connectivity index is 1.61. The van der Waals surface area contributed by atoms with Crippen LogP contribution in [0, 0.1) is 11.3 Å². The maximum Gasteiger partial charge on any atom is 0.349 e. The van der Waals surface area contributed by atoms with Crippen molar-refractivity contribution in [1.29, 1.82) is 5.26 Å². The van der Waals surface area contributed by atoms with Gasteiger partial charge in [0.15, 0.2) is 18.1 Å². The third kappa shape index (κ3) is 6.22. The second-order valence-electron chi connectivity index (χ2n) is 7.11. The highest BCUT2D eigenvalue weighted by Crippen LogP contribution is 2.28. The minimum absolute atomic E-state index is 0.129. The van der Waals surface area contributed by atoms with Crippen LogP contribution in [-0.2, 0) is 14.8 Å². The lowest BCUT2D eigenvalue weighted by atomic mass is 10.2. The number of nitrogens with zero attached hydrogens (tertiary/aromatic N) is 2. The predicted molar refractivity (Wildman–Crippen MR) is 128 cm³/mol. The standard InChI is InChI=1S/C25H24N2O7S/c1-4-32-20-10-12-22(13-11-20)35(29,30)27(2)19-6-8-21(9-7-19)33-17-25(28)34-23-14-5-18(16-26)15-24(23)31-3/h5-15H,4,17H2,1-3H3. The summed E-state index contributed by atoms with van der Waals surface area (Å²) in [6.07, 6.45) is 0. The van der Waals surface area contributed by atoms with Crippen LogP contribution in [0.25, 0.3) is 0 Å². The Kier molecular flexibility index (Phi) is 8.17. The molecule has 0 atom stereocenters. The number of carbonyl (C=O) groups excluding carboxylic acids is 1. The van der Waals surface area contributed by atoms with E-state index in [0.29, 0.717) is 29.4 Å². The molecule has 0 aliphatic rings. The van der Waals surface area contributed by atoms with E-state index >= 15 is 0 Å². The third-order valence-corrected chi connectivity index (χ3v) is 6.67. The van der Waals surface area contributed by atoms with Gasteiger partial charge >= 0.3 is 5.97 Å². The summed E-state index contributed by atoms with van der Waals surface area (Å²) in [6, 6.07) is 18.8. The third-order valence-electron chi connectivity index (χ3n) is 4.87. The summed E-state index contributed by atoms with van der Waals surface area (Å²) in [5.41, 5.74) is 0.781. The number of anilines is 1. The highest BCUT2D eigenvalue weighted by Gasteiger charge is 2.21. The van der Waals surface area contributed by atoms with Crippen molar-refractivity contribution in [2.75, 3.05) is 31.7 Å². The molecular weight excluding hydrogens is 472 g/mol. The molecule has 0 amide bonds. The van der Waals surface area contributed by atoms with E-state index in [2.05, 4.69) is 0 Å². The van der Waals surface area contributed by atoms with Crippen LogP contribution in [0.1, 0.15) is 12.5 Å². The summed E-state index contributed by atoms with van der Waals surface area (Å²) in [7, 11) is -0.928. The van der Waals surface area contributed by atoms with Crippen LogP contribution < -0.4 is 23.3 Å². The molecule has 3 rings (SSSR count). The number of hydrogen-bond acceptors (Lipinski definition) is 8. The summed E-state index contributed by atoms with van der Waals surface area (Å²) in [5.74, 6) is 0.679. The quantitative estimate of drug-likeness (QED) is 0.308. The van der Waals surface area contributed by atoms with Crippen molar-refractivity contribution in [3.63, 3.8) is 0 Å². The first-order valence-electron chi connectivity index (χ1n) is 10.5. The largest absolute Gasteiger partial charge is 0.494 e. The highest BCUT2D eigenvalue weighted by atomic mass is 32.2. The summed E-state index contributed by atoms with van der Waals surface area (Å²) in [4.78, 5) is 12.3. The molecule has 3 aromatic rings. The van der Waals surface area contributed by atoms with Crippen molar-refractivity contribution in [3.8, 4) is 29.1 Å². The highest BCUT2D eigenvalue weighted by molar-refractivity contribution is 7.92. The van der Waals surface area contributed by atoms with Crippen molar-refractivity contribution in [2.45, 2.75) is 11.8 Å². The molecule has 35 heavy (non-hydrogen) atoms. The van der Waals surface area contributed by atoms with Gasteiger partial charge in [-0.15, -0.1) is 0 Å². The lowest BCUT2D eigenvalue weighted by Crippen LogP contribution is -2.26. The molecule has 0 unspecified atom stereocenters. The number of esters is 1. The number of nitriles is 1. The summed E-state index contributed by atoms with van der Waals surface area (Å²) >= 11 is 0. The van der Waals surface area contributed by atoms with Crippen molar-refractivity contribution in [3.05, 3.63) is 72.3 Å². The van der Waals surface area contributed by atoms with Crippen LogP contribution in [0.2, 0.25) is 0 Å². The van der Waals surface area contributed by atoms with Gasteiger partial charge in [0, 0.05) is 13.1 Å². The van der Waals surface area contributed by atoms with Gasteiger partial charge in [-0.25, -0.2) is 13.2 Å². The Hall–Kier alpha value is -4.23. The fraction of sp³-hybridized carbons (Fsp3) is 0.200. The molecule has 0 bridgehead atoms. The molecule has 3 aromatic carbocycles. The number of benzene rings is 3. The maximum atomic E-state index is 12.9. The Labute approximate surface area is 204 Å². The van der Waals surface area contributed by atoms with Crippen LogP contribution in [0.5, 0.6) is 23.0 Å². The summed E-state index contributed by atoms with van der Waals surface area (Å²) in [5, 5.41) is 8.95. The first-order chi connectivity index (χ1) is 16.8. The van der Waals surface area contributed by atoms with Gasteiger partial charge in [0.2, 0.25) is 0 Å². The van der Waals surface area contributed by atoms with Gasteiger partial charge in [-0.1, -0.05) is 0 Å². The second kappa shape index (κ2) is 11.3. The maximum absolute atomic E-state index is 12.9. The Morgan fingerprint density at radius 1 is 0.943 bits per heavy atom. The molecule has 10 heteroatoms. The average Bonchev–Trinajstić information content (AvgIpc) is 2.88. The van der Waals surface area contributed by atoms with Gasteiger partial charge in [0.1, 0.15) is 11.5 Å². The number of rotatable bonds is 10. The molecule has 0 spiro atoms. The van der Waals surface area contributed by atoms with E-state index in [0.717, 1.165) is 4.31 Å². The Morgan fingerprint density at radius 2 is 1.57 bits per heavy atom. The van der Waals surface area contributed by atoms with E-state index in [1.807, 2.05) is 13.0 Å². The van der Waals surface area contributed by atoms with E-state index in [9.17, 15) is 13.2 Å². The molecule has 9 nitrogen and oxygen atoms in total. The summed E-state index contributed by atoms with van der Waals surface area (Å²) in [6.45, 7) is 1.95. The van der Waals surface area contributed by atoms with Gasteiger partial charge in [-0.2, -0.15) is 5.26 Å². The fourth-order valence-electron chi connectivity index (χ4n) is 3.04. The topological polar surface area (TPSA) is 115 Å². The van der Waals surface area contributed by atoms with Gasteiger partial charge in [0.25, 0.3) is 10.0 Å². The molecule has 0 aliphatic heterocycles. The van der Waals surface area contributed by atoms with Crippen molar-refractivity contribution in [1.82, 2.24) is 0 Å². The van der Waals surface area contributed by atoms with Gasteiger partial charge in [-0.05, 0) is 67.6 Å². The number of hydrogen-bond donors (Lipinski definition) is 0. The molecular formula is C25H24N2O7S. The lowest BCUT2D eigenvalue weighted by molar-refractivity contribution is -0.136. The van der Waals surface area contributed by atoms with Crippen LogP contribution in [0.4, 0.5) is 5.69 Å². The van der Waals surface area contributed by atoms with E-state index in [1.165, 1.54) is 44.5 Å². The second-order valence-corrected chi connectivity index (χ2v) is 9.08. The molecule has 182 valence electrons. The zero-order valence-corrected chi connectivity index (χ0v) is 20.2. The van der Waals surface area contributed by atoms with E-state index < -0.39 is 16.0 Å². The molecule has 0 N–H and O–H groups in total. The minimum Gasteiger partial charge on any atom is -0.494 e. The molecule has 0 saturated carbocycles. The Bertz CT molecular complexity index is 1320. The number of ether oxygens (including phenoxy) is 4. The van der Waals surface area contributed by atoms with E-state index in [4.69, 9.17) is 24.2 Å². The SMILES string of the molecule is CCOc1ccc(S(=O)(=O)N(C)c2ccc(OCC(=O)Oc3ccc(C#N)cc3OC)cc2)cc1. The number of methoxy groups -OCH3 is 1. The normalized spacial score (nSPS) is 10.7. The van der Waals surface area contributed by atoms with Crippen molar-refractivity contribution >= 4 is 21.7 Å². The van der Waals surface area contributed by atoms with Crippen molar-refractivity contribution < 1.29 is 32.2 Å². The smallest absolute Gasteiger partial charge is 0.349 e. The molecule has 0 fully saturated rings. The molecule has 0 heterocycles. The van der Waals surface area contributed by atoms with Crippen LogP contribution >= 0.6 is 0 Å². The lowest BCUT2D eigenvalue weighted by Gasteiger charge is -2.20. The zero-order valence-electron chi connectivity index (χ0n) is 19.4. The van der Waals surface area contributed by atoms with Crippen LogP contribution in [-0.4, -0.2) is 41.8 Å². The molecule has 0 aliphatic carbocycles. The first-order valence-corrected chi connectivity index (χ1v) is 12.0.